The van der Waals surface area contributed by atoms with Gasteiger partial charge in [-0.05, 0) is 73.3 Å². The molecule has 3 nitrogen and oxygen atoms in total. The van der Waals surface area contributed by atoms with Crippen molar-refractivity contribution in [2.24, 2.45) is 5.92 Å². The Morgan fingerprint density at radius 1 is 1.07 bits per heavy atom. The van der Waals surface area contributed by atoms with E-state index in [4.69, 9.17) is 11.6 Å². The summed E-state index contributed by atoms with van der Waals surface area (Å²) in [4.78, 5) is 15.6. The summed E-state index contributed by atoms with van der Waals surface area (Å²) in [5, 5.41) is 13.3. The average Bonchev–Trinajstić information content (AvgIpc) is 2.77. The number of piperidine rings is 1. The molecule has 156 valence electrons. The van der Waals surface area contributed by atoms with E-state index in [0.29, 0.717) is 11.4 Å². The summed E-state index contributed by atoms with van der Waals surface area (Å²) in [6, 6.07) is 19.6. The number of aliphatic hydroxyl groups is 1. The van der Waals surface area contributed by atoms with Crippen LogP contribution in [0.3, 0.4) is 0 Å². The zero-order chi connectivity index (χ0) is 21.1. The molecule has 0 aliphatic carbocycles. The number of rotatable bonds is 6. The van der Waals surface area contributed by atoms with Crippen molar-refractivity contribution in [1.29, 1.82) is 0 Å². The lowest BCUT2D eigenvalue weighted by molar-refractivity contribution is 0.0814. The summed E-state index contributed by atoms with van der Waals surface area (Å²) in [7, 11) is 0. The second kappa shape index (κ2) is 9.30. The number of aliphatic hydroxyl groups excluding tert-OH is 1. The minimum atomic E-state index is -0.486. The number of ketones is 1. The molecule has 0 saturated carbocycles. The summed E-state index contributed by atoms with van der Waals surface area (Å²) in [5.74, 6) is 0.350. The molecule has 1 N–H and O–H groups in total. The maximum absolute atomic E-state index is 13.3. The number of nitrogens with zero attached hydrogens (tertiary/aromatic N) is 1. The molecule has 1 aliphatic heterocycles. The van der Waals surface area contributed by atoms with Gasteiger partial charge >= 0.3 is 0 Å². The van der Waals surface area contributed by atoms with Crippen LogP contribution in [0.1, 0.15) is 46.9 Å². The van der Waals surface area contributed by atoms with Crippen LogP contribution in [0.5, 0.6) is 0 Å². The summed E-state index contributed by atoms with van der Waals surface area (Å²) >= 11 is 5.92. The number of benzene rings is 3. The molecule has 1 saturated heterocycles. The van der Waals surface area contributed by atoms with Gasteiger partial charge in [-0.15, -0.1) is 0 Å². The molecule has 30 heavy (non-hydrogen) atoms. The fourth-order valence-corrected chi connectivity index (χ4v) is 4.66. The number of hydrogen-bond donors (Lipinski definition) is 1. The number of hydrogen-bond acceptors (Lipinski definition) is 3. The molecule has 1 heterocycles. The van der Waals surface area contributed by atoms with Gasteiger partial charge in [0.2, 0.25) is 0 Å². The van der Waals surface area contributed by atoms with E-state index in [9.17, 15) is 9.90 Å². The Bertz CT molecular complexity index is 1020. The van der Waals surface area contributed by atoms with Crippen molar-refractivity contribution in [3.63, 3.8) is 0 Å². The number of halogens is 1. The van der Waals surface area contributed by atoms with Crippen molar-refractivity contribution in [2.75, 3.05) is 19.6 Å². The molecule has 0 radical (unpaired) electrons. The summed E-state index contributed by atoms with van der Waals surface area (Å²) in [5.41, 5.74) is 2.92. The number of carbonyl (C=O) groups is 1. The number of fused-ring (bicyclic) bond motifs is 1. The highest BCUT2D eigenvalue weighted by Crippen LogP contribution is 2.29. The lowest BCUT2D eigenvalue weighted by atomic mass is 9.86. The quantitative estimate of drug-likeness (QED) is 0.510. The van der Waals surface area contributed by atoms with Gasteiger partial charge in [0.05, 0.1) is 6.10 Å². The first-order chi connectivity index (χ1) is 14.5. The Balaban J connectivity index is 1.35. The van der Waals surface area contributed by atoms with Gasteiger partial charge in [-0.1, -0.05) is 60.1 Å². The highest BCUT2D eigenvalue weighted by atomic mass is 35.5. The molecule has 3 aromatic rings. The van der Waals surface area contributed by atoms with Gasteiger partial charge in [-0.3, -0.25) is 4.79 Å². The monoisotopic (exact) mass is 421 g/mol. The largest absolute Gasteiger partial charge is 0.388 e. The van der Waals surface area contributed by atoms with Gasteiger partial charge in [0.25, 0.3) is 0 Å². The standard InChI is InChI=1S/C26H28ClNO2/c1-18-4-2-5-20-6-3-7-23(25(18)20)26(30)21-12-15-28(16-13-21)17-14-24(29)19-8-10-22(27)11-9-19/h2-11,21,24,29H,12-17H2,1H3. The Morgan fingerprint density at radius 3 is 2.43 bits per heavy atom. The van der Waals surface area contributed by atoms with E-state index < -0.39 is 6.10 Å². The zero-order valence-corrected chi connectivity index (χ0v) is 18.1. The molecule has 0 bridgehead atoms. The number of Topliss-reactive ketones (excluding diaryl/α,β-unsaturated/α-hetero) is 1. The van der Waals surface area contributed by atoms with Gasteiger partial charge in [0.15, 0.2) is 5.78 Å². The Kier molecular flexibility index (Phi) is 6.52. The Morgan fingerprint density at radius 2 is 1.73 bits per heavy atom. The molecule has 1 unspecified atom stereocenters. The first-order valence-corrected chi connectivity index (χ1v) is 11.1. The van der Waals surface area contributed by atoms with E-state index in [-0.39, 0.29) is 11.7 Å². The van der Waals surface area contributed by atoms with Crippen molar-refractivity contribution in [3.8, 4) is 0 Å². The maximum atomic E-state index is 13.3. The molecule has 3 aromatic carbocycles. The first-order valence-electron chi connectivity index (χ1n) is 10.7. The number of likely N-dealkylation sites (tertiary alicyclic amines) is 1. The molecule has 4 heteroatoms. The van der Waals surface area contributed by atoms with Gasteiger partial charge in [0, 0.05) is 23.0 Å². The molecular formula is C26H28ClNO2. The number of aryl methyl sites for hydroxylation is 1. The van der Waals surface area contributed by atoms with Gasteiger partial charge in [-0.25, -0.2) is 0 Å². The lowest BCUT2D eigenvalue weighted by Gasteiger charge is -2.32. The smallest absolute Gasteiger partial charge is 0.166 e. The van der Waals surface area contributed by atoms with Gasteiger partial charge < -0.3 is 10.0 Å². The molecule has 4 rings (SSSR count). The van der Waals surface area contributed by atoms with Crippen LogP contribution in [0.25, 0.3) is 10.8 Å². The highest BCUT2D eigenvalue weighted by Gasteiger charge is 2.27. The van der Waals surface area contributed by atoms with Gasteiger partial charge in [-0.2, -0.15) is 0 Å². The van der Waals surface area contributed by atoms with E-state index in [1.807, 2.05) is 42.5 Å². The first kappa shape index (κ1) is 21.0. The van der Waals surface area contributed by atoms with Crippen LogP contribution in [0.15, 0.2) is 60.7 Å². The summed E-state index contributed by atoms with van der Waals surface area (Å²) < 4.78 is 0. The predicted molar refractivity (Wildman–Crippen MR) is 123 cm³/mol. The maximum Gasteiger partial charge on any atom is 0.166 e. The molecule has 0 aromatic heterocycles. The molecule has 0 amide bonds. The fourth-order valence-electron chi connectivity index (χ4n) is 4.53. The van der Waals surface area contributed by atoms with Crippen LogP contribution in [0.4, 0.5) is 0 Å². The van der Waals surface area contributed by atoms with Crippen molar-refractivity contribution in [3.05, 3.63) is 82.4 Å². The molecular weight excluding hydrogens is 394 g/mol. The molecule has 1 aliphatic rings. The second-order valence-electron chi connectivity index (χ2n) is 8.31. The predicted octanol–water partition coefficient (Wildman–Crippen LogP) is 5.82. The fraction of sp³-hybridized carbons (Fsp3) is 0.346. The normalized spacial score (nSPS) is 16.6. The van der Waals surface area contributed by atoms with Crippen molar-refractivity contribution in [2.45, 2.75) is 32.3 Å². The Labute approximate surface area is 183 Å². The van der Waals surface area contributed by atoms with Crippen LogP contribution in [0.2, 0.25) is 5.02 Å². The molecule has 1 atom stereocenters. The zero-order valence-electron chi connectivity index (χ0n) is 17.4. The van der Waals surface area contributed by atoms with Crippen LogP contribution in [0, 0.1) is 12.8 Å². The van der Waals surface area contributed by atoms with E-state index in [1.165, 1.54) is 0 Å². The van der Waals surface area contributed by atoms with Crippen LogP contribution >= 0.6 is 11.6 Å². The average molecular weight is 422 g/mol. The molecule has 1 fully saturated rings. The van der Waals surface area contributed by atoms with Crippen molar-refractivity contribution < 1.29 is 9.90 Å². The van der Waals surface area contributed by atoms with Crippen LogP contribution < -0.4 is 0 Å². The number of carbonyl (C=O) groups excluding carboxylic acids is 1. The van der Waals surface area contributed by atoms with Crippen LogP contribution in [-0.2, 0) is 0 Å². The SMILES string of the molecule is Cc1cccc2cccc(C(=O)C3CCN(CCC(O)c4ccc(Cl)cc4)CC3)c12. The Hall–Kier alpha value is -2.20. The third-order valence-corrected chi connectivity index (χ3v) is 6.56. The summed E-state index contributed by atoms with van der Waals surface area (Å²) in [6.45, 7) is 4.70. The van der Waals surface area contributed by atoms with Crippen molar-refractivity contribution >= 4 is 28.2 Å². The minimum absolute atomic E-state index is 0.0765. The lowest BCUT2D eigenvalue weighted by Crippen LogP contribution is -2.37. The van der Waals surface area contributed by atoms with Gasteiger partial charge in [0.1, 0.15) is 0 Å². The van der Waals surface area contributed by atoms with E-state index in [2.05, 4.69) is 30.0 Å². The van der Waals surface area contributed by atoms with E-state index >= 15 is 0 Å². The minimum Gasteiger partial charge on any atom is -0.388 e. The van der Waals surface area contributed by atoms with Crippen molar-refractivity contribution in [1.82, 2.24) is 4.90 Å². The third-order valence-electron chi connectivity index (χ3n) is 6.31. The second-order valence-corrected chi connectivity index (χ2v) is 8.75. The highest BCUT2D eigenvalue weighted by molar-refractivity contribution is 6.30. The molecule has 0 spiro atoms. The van der Waals surface area contributed by atoms with E-state index in [1.54, 1.807) is 0 Å². The third kappa shape index (κ3) is 4.59. The van der Waals surface area contributed by atoms with E-state index in [0.717, 1.165) is 59.9 Å². The summed E-state index contributed by atoms with van der Waals surface area (Å²) in [6.07, 6.45) is 1.94. The topological polar surface area (TPSA) is 40.5 Å². The van der Waals surface area contributed by atoms with Crippen LogP contribution in [-0.4, -0.2) is 35.4 Å².